The van der Waals surface area contributed by atoms with Crippen LogP contribution in [0.15, 0.2) is 48.5 Å². The molecule has 1 saturated heterocycles. The lowest BCUT2D eigenvalue weighted by atomic mass is 10.0. The average molecular weight is 357 g/mol. The van der Waals surface area contributed by atoms with E-state index in [0.29, 0.717) is 0 Å². The minimum atomic E-state index is 0.761. The highest BCUT2D eigenvalue weighted by atomic mass is 16.5. The van der Waals surface area contributed by atoms with E-state index in [1.54, 1.807) is 24.0 Å². The van der Waals surface area contributed by atoms with Gasteiger partial charge in [-0.15, -0.1) is 0 Å². The van der Waals surface area contributed by atoms with Gasteiger partial charge in [-0.25, -0.2) is 0 Å². The Morgan fingerprint density at radius 1 is 1.00 bits per heavy atom. The van der Waals surface area contributed by atoms with Crippen LogP contribution in [0.1, 0.15) is 24.0 Å². The number of benzene rings is 2. The fraction of sp³-hybridized carbons (Fsp3) is 0.455. The van der Waals surface area contributed by atoms with Gasteiger partial charge in [0.1, 0.15) is 24.6 Å². The second kappa shape index (κ2) is 9.06. The van der Waals surface area contributed by atoms with Gasteiger partial charge in [-0.3, -0.25) is 0 Å². The van der Waals surface area contributed by atoms with Crippen molar-refractivity contribution >= 4 is 0 Å². The highest BCUT2D eigenvalue weighted by molar-refractivity contribution is 5.40. The minimum Gasteiger partial charge on any atom is -0.497 e. The maximum atomic E-state index is 5.56. The number of methoxy groups -OCH3 is 2. The van der Waals surface area contributed by atoms with Crippen LogP contribution in [0.5, 0.6) is 11.5 Å². The Bertz CT molecular complexity index is 682. The normalized spacial score (nSPS) is 21.2. The molecular formula is C22H32N2O2+2. The predicted molar refractivity (Wildman–Crippen MR) is 104 cm³/mol. The lowest BCUT2D eigenvalue weighted by Gasteiger charge is -2.32. The van der Waals surface area contributed by atoms with Gasteiger partial charge in [-0.2, -0.15) is 0 Å². The van der Waals surface area contributed by atoms with Crippen LogP contribution in [0, 0.1) is 0 Å². The first-order valence-electron chi connectivity index (χ1n) is 9.60. The molecule has 0 saturated carbocycles. The molecule has 140 valence electrons. The summed E-state index contributed by atoms with van der Waals surface area (Å²) in [6.07, 6.45) is 2.57. The number of hydrogen-bond donors (Lipinski definition) is 2. The van der Waals surface area contributed by atoms with Crippen LogP contribution in [0.2, 0.25) is 0 Å². The van der Waals surface area contributed by atoms with Crippen LogP contribution in [0.25, 0.3) is 0 Å². The van der Waals surface area contributed by atoms with Crippen LogP contribution < -0.4 is 19.3 Å². The predicted octanol–water partition coefficient (Wildman–Crippen LogP) is 0.966. The van der Waals surface area contributed by atoms with E-state index in [1.807, 2.05) is 12.1 Å². The third kappa shape index (κ3) is 4.77. The van der Waals surface area contributed by atoms with Crippen LogP contribution in [0.4, 0.5) is 0 Å². The largest absolute Gasteiger partial charge is 0.497 e. The number of likely N-dealkylation sites (tertiary alicyclic amines) is 1. The van der Waals surface area contributed by atoms with Gasteiger partial charge in [0, 0.05) is 30.0 Å². The number of piperidine rings is 1. The molecule has 2 aromatic rings. The highest BCUT2D eigenvalue weighted by Crippen LogP contribution is 2.23. The van der Waals surface area contributed by atoms with Gasteiger partial charge in [0.05, 0.1) is 40.4 Å². The maximum Gasteiger partial charge on any atom is 0.131 e. The van der Waals surface area contributed by atoms with Crippen molar-refractivity contribution in [3.63, 3.8) is 0 Å². The van der Waals surface area contributed by atoms with Crippen molar-refractivity contribution in [3.05, 3.63) is 59.7 Å². The molecule has 0 radical (unpaired) electrons. The molecule has 0 aliphatic carbocycles. The quantitative estimate of drug-likeness (QED) is 0.774. The van der Waals surface area contributed by atoms with Crippen molar-refractivity contribution in [2.75, 3.05) is 34.4 Å². The standard InChI is InChI=1S/C22H30N2O2/c1-23(16-18-7-5-4-6-8-18)20-11-13-24(14-12-20)17-19-9-10-21(25-2)15-22(19)26-3/h4-10,15,20H,11-14,16-17H2,1-3H3/p+2. The summed E-state index contributed by atoms with van der Waals surface area (Å²) < 4.78 is 10.9. The van der Waals surface area contributed by atoms with E-state index >= 15 is 0 Å². The highest BCUT2D eigenvalue weighted by Gasteiger charge is 2.28. The lowest BCUT2D eigenvalue weighted by Crippen LogP contribution is -3.18. The smallest absolute Gasteiger partial charge is 0.131 e. The zero-order valence-corrected chi connectivity index (χ0v) is 16.3. The van der Waals surface area contributed by atoms with E-state index in [0.717, 1.165) is 30.6 Å². The Hall–Kier alpha value is -2.04. The average Bonchev–Trinajstić information content (AvgIpc) is 2.69. The Morgan fingerprint density at radius 3 is 2.38 bits per heavy atom. The number of ether oxygens (including phenoxy) is 2. The molecule has 1 aliphatic heterocycles. The monoisotopic (exact) mass is 356 g/mol. The second-order valence-electron chi connectivity index (χ2n) is 7.39. The molecule has 2 aromatic carbocycles. The molecule has 1 atom stereocenters. The van der Waals surface area contributed by atoms with Crippen molar-refractivity contribution in [3.8, 4) is 11.5 Å². The third-order valence-electron chi connectivity index (χ3n) is 5.65. The molecule has 0 spiro atoms. The van der Waals surface area contributed by atoms with Gasteiger partial charge in [0.2, 0.25) is 0 Å². The number of rotatable bonds is 7. The topological polar surface area (TPSA) is 27.3 Å². The second-order valence-corrected chi connectivity index (χ2v) is 7.39. The molecule has 4 nitrogen and oxygen atoms in total. The van der Waals surface area contributed by atoms with E-state index in [4.69, 9.17) is 9.47 Å². The molecule has 0 amide bonds. The summed E-state index contributed by atoms with van der Waals surface area (Å²) in [4.78, 5) is 3.29. The summed E-state index contributed by atoms with van der Waals surface area (Å²) >= 11 is 0. The van der Waals surface area contributed by atoms with E-state index in [2.05, 4.69) is 43.4 Å². The van der Waals surface area contributed by atoms with E-state index in [-0.39, 0.29) is 0 Å². The zero-order chi connectivity index (χ0) is 18.4. The third-order valence-corrected chi connectivity index (χ3v) is 5.65. The number of quaternary nitrogens is 2. The first-order chi connectivity index (χ1) is 12.7. The fourth-order valence-corrected chi connectivity index (χ4v) is 4.03. The number of hydrogen-bond acceptors (Lipinski definition) is 2. The summed E-state index contributed by atoms with van der Waals surface area (Å²) in [6.45, 7) is 4.60. The molecule has 2 N–H and O–H groups in total. The van der Waals surface area contributed by atoms with Gasteiger partial charge < -0.3 is 19.3 Å². The SMILES string of the molecule is COc1ccc(C[NH+]2CCC([NH+](C)Cc3ccccc3)CC2)c(OC)c1. The Morgan fingerprint density at radius 2 is 1.73 bits per heavy atom. The van der Waals surface area contributed by atoms with E-state index in [9.17, 15) is 0 Å². The summed E-state index contributed by atoms with van der Waals surface area (Å²) in [6, 6.07) is 17.8. The molecule has 1 heterocycles. The van der Waals surface area contributed by atoms with Crippen molar-refractivity contribution in [2.24, 2.45) is 0 Å². The van der Waals surface area contributed by atoms with Gasteiger partial charge in [0.25, 0.3) is 0 Å². The van der Waals surface area contributed by atoms with Gasteiger partial charge in [0.15, 0.2) is 0 Å². The van der Waals surface area contributed by atoms with Gasteiger partial charge >= 0.3 is 0 Å². The summed E-state index contributed by atoms with van der Waals surface area (Å²) in [7, 11) is 5.77. The lowest BCUT2D eigenvalue weighted by molar-refractivity contribution is -0.960. The van der Waals surface area contributed by atoms with Crippen molar-refractivity contribution in [2.45, 2.75) is 32.0 Å². The molecule has 1 unspecified atom stereocenters. The van der Waals surface area contributed by atoms with E-state index in [1.165, 1.54) is 37.1 Å². The Labute approximate surface area is 157 Å². The molecule has 1 fully saturated rings. The molecule has 0 aromatic heterocycles. The number of nitrogens with one attached hydrogen (secondary N) is 2. The molecule has 1 aliphatic rings. The van der Waals surface area contributed by atoms with Crippen molar-refractivity contribution in [1.29, 1.82) is 0 Å². The first-order valence-corrected chi connectivity index (χ1v) is 9.60. The molecule has 26 heavy (non-hydrogen) atoms. The maximum absolute atomic E-state index is 5.56. The van der Waals surface area contributed by atoms with Crippen molar-refractivity contribution in [1.82, 2.24) is 0 Å². The van der Waals surface area contributed by atoms with E-state index < -0.39 is 0 Å². The van der Waals surface area contributed by atoms with Gasteiger partial charge in [-0.1, -0.05) is 30.3 Å². The van der Waals surface area contributed by atoms with Crippen LogP contribution >= 0.6 is 0 Å². The van der Waals surface area contributed by atoms with Crippen LogP contribution in [-0.2, 0) is 13.1 Å². The minimum absolute atomic E-state index is 0.761. The Balaban J connectivity index is 1.52. The zero-order valence-electron chi connectivity index (χ0n) is 16.3. The molecule has 0 bridgehead atoms. The van der Waals surface area contributed by atoms with Gasteiger partial charge in [-0.05, 0) is 12.1 Å². The summed E-state index contributed by atoms with van der Waals surface area (Å²) in [5.41, 5.74) is 2.70. The van der Waals surface area contributed by atoms with Crippen LogP contribution in [0.3, 0.4) is 0 Å². The molecule has 4 heteroatoms. The summed E-state index contributed by atoms with van der Waals surface area (Å²) in [5, 5.41) is 0. The summed E-state index contributed by atoms with van der Waals surface area (Å²) in [5.74, 6) is 1.79. The fourth-order valence-electron chi connectivity index (χ4n) is 4.03. The van der Waals surface area contributed by atoms with Crippen LogP contribution in [-0.4, -0.2) is 40.4 Å². The Kier molecular flexibility index (Phi) is 6.53. The molecular weight excluding hydrogens is 324 g/mol. The first kappa shape index (κ1) is 18.7. The molecule has 3 rings (SSSR count). The van der Waals surface area contributed by atoms with Crippen molar-refractivity contribution < 1.29 is 19.3 Å².